The van der Waals surface area contributed by atoms with E-state index in [9.17, 15) is 13.6 Å². The Hall–Kier alpha value is -1.14. The second kappa shape index (κ2) is 6.70. The first kappa shape index (κ1) is 14.9. The molecule has 0 unspecified atom stereocenters. The molecule has 6 heteroatoms. The molecule has 1 rings (SSSR count). The highest BCUT2D eigenvalue weighted by molar-refractivity contribution is 8.00. The highest BCUT2D eigenvalue weighted by Crippen LogP contribution is 2.21. The number of aryl methyl sites for hydroxylation is 1. The standard InChI is InChI=1S/C12H15F2NO2S/c1-9-4-2-3-5-10(9)18-6-11(17)15-7-12(13,14)8-16/h2-5,16H,6-8H2,1H3,(H,15,17). The number of carbonyl (C=O) groups excluding carboxylic acids is 1. The largest absolute Gasteiger partial charge is 0.390 e. The number of aliphatic hydroxyl groups excluding tert-OH is 1. The summed E-state index contributed by atoms with van der Waals surface area (Å²) >= 11 is 1.29. The number of carbonyl (C=O) groups is 1. The van der Waals surface area contributed by atoms with Crippen LogP contribution >= 0.6 is 11.8 Å². The lowest BCUT2D eigenvalue weighted by molar-refractivity contribution is -0.121. The first-order chi connectivity index (χ1) is 8.44. The zero-order valence-electron chi connectivity index (χ0n) is 9.95. The zero-order valence-corrected chi connectivity index (χ0v) is 10.8. The van der Waals surface area contributed by atoms with E-state index >= 15 is 0 Å². The molecule has 1 amide bonds. The minimum atomic E-state index is -3.26. The quantitative estimate of drug-likeness (QED) is 0.779. The van der Waals surface area contributed by atoms with Crippen LogP contribution in [-0.4, -0.2) is 35.8 Å². The molecule has 0 aliphatic heterocycles. The molecule has 0 spiro atoms. The first-order valence-electron chi connectivity index (χ1n) is 5.38. The van der Waals surface area contributed by atoms with Crippen LogP contribution in [0.4, 0.5) is 8.78 Å². The molecule has 0 bridgehead atoms. The Labute approximate surface area is 109 Å². The monoisotopic (exact) mass is 275 g/mol. The molecule has 0 atom stereocenters. The lowest BCUT2D eigenvalue weighted by Crippen LogP contribution is -2.39. The van der Waals surface area contributed by atoms with E-state index in [-0.39, 0.29) is 5.75 Å². The third-order valence-electron chi connectivity index (χ3n) is 2.23. The van der Waals surface area contributed by atoms with E-state index in [1.807, 2.05) is 31.2 Å². The molecule has 1 aromatic rings. The molecular weight excluding hydrogens is 260 g/mol. The van der Waals surface area contributed by atoms with Crippen LogP contribution in [0.15, 0.2) is 29.2 Å². The van der Waals surface area contributed by atoms with Gasteiger partial charge in [-0.2, -0.15) is 0 Å². The Morgan fingerprint density at radius 1 is 1.44 bits per heavy atom. The van der Waals surface area contributed by atoms with E-state index in [2.05, 4.69) is 5.32 Å². The van der Waals surface area contributed by atoms with Gasteiger partial charge in [-0.15, -0.1) is 11.8 Å². The highest BCUT2D eigenvalue weighted by atomic mass is 32.2. The minimum Gasteiger partial charge on any atom is -0.390 e. The molecule has 2 N–H and O–H groups in total. The van der Waals surface area contributed by atoms with Crippen LogP contribution in [0, 0.1) is 6.92 Å². The summed E-state index contributed by atoms with van der Waals surface area (Å²) in [5.74, 6) is -3.66. The summed E-state index contributed by atoms with van der Waals surface area (Å²) in [5.41, 5.74) is 1.04. The van der Waals surface area contributed by atoms with Crippen LogP contribution in [-0.2, 0) is 4.79 Å². The third kappa shape index (κ3) is 5.01. The van der Waals surface area contributed by atoms with Crippen molar-refractivity contribution in [1.82, 2.24) is 5.32 Å². The van der Waals surface area contributed by atoms with Gasteiger partial charge in [0.25, 0.3) is 5.92 Å². The van der Waals surface area contributed by atoms with Crippen molar-refractivity contribution in [3.05, 3.63) is 29.8 Å². The topological polar surface area (TPSA) is 49.3 Å². The fourth-order valence-corrected chi connectivity index (χ4v) is 2.06. The molecular formula is C12H15F2NO2S. The van der Waals surface area contributed by atoms with Gasteiger partial charge in [0.2, 0.25) is 5.91 Å². The summed E-state index contributed by atoms with van der Waals surface area (Å²) in [5, 5.41) is 10.4. The number of nitrogens with one attached hydrogen (secondary N) is 1. The van der Waals surface area contributed by atoms with Crippen molar-refractivity contribution in [2.24, 2.45) is 0 Å². The maximum atomic E-state index is 12.7. The van der Waals surface area contributed by atoms with Gasteiger partial charge in [0, 0.05) is 4.90 Å². The molecule has 0 aromatic heterocycles. The van der Waals surface area contributed by atoms with Gasteiger partial charge in [0.15, 0.2) is 0 Å². The van der Waals surface area contributed by atoms with Crippen LogP contribution in [0.3, 0.4) is 0 Å². The number of hydrogen-bond acceptors (Lipinski definition) is 3. The Balaban J connectivity index is 2.36. The van der Waals surface area contributed by atoms with Crippen molar-refractivity contribution in [3.8, 4) is 0 Å². The highest BCUT2D eigenvalue weighted by Gasteiger charge is 2.27. The molecule has 0 fully saturated rings. The van der Waals surface area contributed by atoms with Crippen LogP contribution in [0.5, 0.6) is 0 Å². The summed E-state index contributed by atoms with van der Waals surface area (Å²) in [7, 11) is 0. The number of benzene rings is 1. The summed E-state index contributed by atoms with van der Waals surface area (Å²) in [6.45, 7) is -0.185. The minimum absolute atomic E-state index is 0.0758. The molecule has 100 valence electrons. The number of halogens is 2. The molecule has 0 aliphatic carbocycles. The lowest BCUT2D eigenvalue weighted by atomic mass is 10.2. The number of alkyl halides is 2. The van der Waals surface area contributed by atoms with Gasteiger partial charge in [-0.3, -0.25) is 4.79 Å². The smallest absolute Gasteiger partial charge is 0.287 e. The first-order valence-corrected chi connectivity index (χ1v) is 6.37. The van der Waals surface area contributed by atoms with E-state index in [4.69, 9.17) is 5.11 Å². The normalized spacial score (nSPS) is 11.3. The van der Waals surface area contributed by atoms with Gasteiger partial charge in [-0.05, 0) is 18.6 Å². The number of rotatable bonds is 6. The van der Waals surface area contributed by atoms with Gasteiger partial charge >= 0.3 is 0 Å². The van der Waals surface area contributed by atoms with Crippen molar-refractivity contribution in [3.63, 3.8) is 0 Å². The summed E-state index contributed by atoms with van der Waals surface area (Å²) in [6, 6.07) is 7.53. The van der Waals surface area contributed by atoms with Crippen molar-refractivity contribution >= 4 is 17.7 Å². The predicted octanol–water partition coefficient (Wildman–Crippen LogP) is 1.83. The van der Waals surface area contributed by atoms with Crippen LogP contribution in [0.25, 0.3) is 0 Å². The van der Waals surface area contributed by atoms with E-state index in [0.29, 0.717) is 0 Å². The van der Waals surface area contributed by atoms with Crippen LogP contribution in [0.1, 0.15) is 5.56 Å². The Bertz CT molecular complexity index is 413. The number of amides is 1. The van der Waals surface area contributed by atoms with Crippen molar-refractivity contribution in [2.45, 2.75) is 17.7 Å². The molecule has 0 saturated heterocycles. The SMILES string of the molecule is Cc1ccccc1SCC(=O)NCC(F)(F)CO. The lowest BCUT2D eigenvalue weighted by Gasteiger charge is -2.13. The van der Waals surface area contributed by atoms with Gasteiger partial charge in [-0.25, -0.2) is 8.78 Å². The number of thioether (sulfide) groups is 1. The van der Waals surface area contributed by atoms with Gasteiger partial charge < -0.3 is 10.4 Å². The number of hydrogen-bond donors (Lipinski definition) is 2. The summed E-state index contributed by atoms with van der Waals surface area (Å²) < 4.78 is 25.3. The Kier molecular flexibility index (Phi) is 5.55. The van der Waals surface area contributed by atoms with E-state index in [1.165, 1.54) is 11.8 Å². The van der Waals surface area contributed by atoms with Gasteiger partial charge in [-0.1, -0.05) is 18.2 Å². The fraction of sp³-hybridized carbons (Fsp3) is 0.417. The van der Waals surface area contributed by atoms with Gasteiger partial charge in [0.05, 0.1) is 12.3 Å². The number of aliphatic hydroxyl groups is 1. The molecule has 1 aromatic carbocycles. The Morgan fingerprint density at radius 2 is 2.11 bits per heavy atom. The van der Waals surface area contributed by atoms with Crippen molar-refractivity contribution < 1.29 is 18.7 Å². The molecule has 0 radical (unpaired) electrons. The van der Waals surface area contributed by atoms with Crippen molar-refractivity contribution in [2.75, 3.05) is 18.9 Å². The maximum Gasteiger partial charge on any atom is 0.287 e. The summed E-state index contributed by atoms with van der Waals surface area (Å²) in [6.07, 6.45) is 0. The fourth-order valence-electron chi connectivity index (χ4n) is 1.20. The second-order valence-corrected chi connectivity index (χ2v) is 4.86. The van der Waals surface area contributed by atoms with Crippen LogP contribution in [0.2, 0.25) is 0 Å². The van der Waals surface area contributed by atoms with Crippen molar-refractivity contribution in [1.29, 1.82) is 0 Å². The van der Waals surface area contributed by atoms with Crippen LogP contribution < -0.4 is 5.32 Å². The molecule has 0 heterocycles. The van der Waals surface area contributed by atoms with E-state index < -0.39 is 25.0 Å². The van der Waals surface area contributed by atoms with E-state index in [0.717, 1.165) is 10.5 Å². The third-order valence-corrected chi connectivity index (χ3v) is 3.40. The molecule has 0 saturated carbocycles. The summed E-state index contributed by atoms with van der Waals surface area (Å²) in [4.78, 5) is 12.3. The maximum absolute atomic E-state index is 12.7. The predicted molar refractivity (Wildman–Crippen MR) is 66.9 cm³/mol. The van der Waals surface area contributed by atoms with E-state index in [1.54, 1.807) is 0 Å². The Morgan fingerprint density at radius 3 is 2.72 bits per heavy atom. The average molecular weight is 275 g/mol. The molecule has 0 aliphatic rings. The average Bonchev–Trinajstić information content (AvgIpc) is 2.35. The molecule has 3 nitrogen and oxygen atoms in total. The second-order valence-electron chi connectivity index (χ2n) is 3.84. The zero-order chi connectivity index (χ0) is 13.6. The van der Waals surface area contributed by atoms with Gasteiger partial charge in [0.1, 0.15) is 6.61 Å². The molecule has 18 heavy (non-hydrogen) atoms.